The van der Waals surface area contributed by atoms with E-state index >= 15 is 0 Å². The summed E-state index contributed by atoms with van der Waals surface area (Å²) in [5, 5.41) is 16.1. The number of carbonyl (C=O) groups excluding carboxylic acids is 3. The maximum Gasteiger partial charge on any atom is 0.334 e. The number of aromatic hydroxyl groups is 1. The van der Waals surface area contributed by atoms with Crippen LogP contribution in [0.3, 0.4) is 0 Å². The zero-order chi connectivity index (χ0) is 33.6. The van der Waals surface area contributed by atoms with Crippen LogP contribution in [0.1, 0.15) is 16.7 Å². The Morgan fingerprint density at radius 2 is 1.77 bits per heavy atom. The predicted octanol–water partition coefficient (Wildman–Crippen LogP) is 4.20. The first-order valence-corrected chi connectivity index (χ1v) is 15.8. The lowest BCUT2D eigenvalue weighted by Crippen LogP contribution is -2.76. The van der Waals surface area contributed by atoms with Crippen molar-refractivity contribution in [3.05, 3.63) is 127 Å². The van der Waals surface area contributed by atoms with Crippen LogP contribution in [0.4, 0.5) is 4.79 Å². The predicted molar refractivity (Wildman–Crippen MR) is 180 cm³/mol. The summed E-state index contributed by atoms with van der Waals surface area (Å²) in [4.78, 5) is 49.8. The van der Waals surface area contributed by atoms with E-state index in [9.17, 15) is 19.5 Å². The minimum Gasteiger partial charge on any atom is -0.508 e. The van der Waals surface area contributed by atoms with Gasteiger partial charge in [-0.05, 0) is 52.6 Å². The molecule has 2 fully saturated rings. The van der Waals surface area contributed by atoms with Crippen molar-refractivity contribution in [1.29, 1.82) is 0 Å². The number of methoxy groups -OCH3 is 1. The van der Waals surface area contributed by atoms with Crippen LogP contribution in [0.25, 0.3) is 11.1 Å². The van der Waals surface area contributed by atoms with Crippen molar-refractivity contribution in [1.82, 2.24) is 30.1 Å². The Morgan fingerprint density at radius 3 is 2.52 bits per heavy atom. The molecule has 11 nitrogen and oxygen atoms in total. The summed E-state index contributed by atoms with van der Waals surface area (Å²) in [6.07, 6.45) is 2.76. The van der Waals surface area contributed by atoms with Crippen LogP contribution < -0.4 is 10.1 Å². The molecule has 4 aromatic rings. The van der Waals surface area contributed by atoms with Gasteiger partial charge in [-0.1, -0.05) is 66.7 Å². The highest BCUT2D eigenvalue weighted by molar-refractivity contribution is 5.91. The molecule has 3 aromatic carbocycles. The molecule has 1 aromatic heterocycles. The number of rotatable bonds is 10. The van der Waals surface area contributed by atoms with E-state index in [1.165, 1.54) is 0 Å². The van der Waals surface area contributed by atoms with Crippen LogP contribution in [0.2, 0.25) is 0 Å². The molecule has 2 saturated heterocycles. The highest BCUT2D eigenvalue weighted by Gasteiger charge is 2.51. The first kappa shape index (κ1) is 32.3. The second kappa shape index (κ2) is 14.4. The number of aromatic nitrogens is 1. The van der Waals surface area contributed by atoms with Crippen LogP contribution in [-0.4, -0.2) is 86.7 Å². The summed E-state index contributed by atoms with van der Waals surface area (Å²) in [5.41, 5.74) is 4.29. The number of hydrogen-bond acceptors (Lipinski definition) is 7. The van der Waals surface area contributed by atoms with Crippen LogP contribution in [0.5, 0.6) is 11.6 Å². The van der Waals surface area contributed by atoms with Crippen molar-refractivity contribution >= 4 is 17.8 Å². The van der Waals surface area contributed by atoms with Gasteiger partial charge < -0.3 is 25.0 Å². The average molecular weight is 647 g/mol. The van der Waals surface area contributed by atoms with Gasteiger partial charge in [0.1, 0.15) is 18.0 Å². The van der Waals surface area contributed by atoms with E-state index in [0.29, 0.717) is 12.4 Å². The number of phenolic OH excluding ortho intramolecular Hbond substituents is 1. The Kier molecular flexibility index (Phi) is 9.67. The second-order valence-corrected chi connectivity index (χ2v) is 11.8. The molecule has 6 rings (SSSR count). The fourth-order valence-electron chi connectivity index (χ4n) is 6.38. The Balaban J connectivity index is 1.35. The molecule has 0 spiro atoms. The zero-order valence-electron chi connectivity index (χ0n) is 26.7. The van der Waals surface area contributed by atoms with Crippen LogP contribution in [0, 0.1) is 0 Å². The molecule has 0 bridgehead atoms. The fourth-order valence-corrected chi connectivity index (χ4v) is 6.38. The SMILES string of the molecule is C=CCN1CC(=O)N2C(Cc3ccc(O)cc3)C(=O)N(Cc3cccc(-c4cccnc4OC)c3)C[C@@H]2N1C(=O)NCc1ccccc1. The number of carbonyl (C=O) groups is 3. The van der Waals surface area contributed by atoms with Crippen molar-refractivity contribution in [3.63, 3.8) is 0 Å². The van der Waals surface area contributed by atoms with Crippen LogP contribution in [0.15, 0.2) is 110 Å². The van der Waals surface area contributed by atoms with Crippen molar-refractivity contribution in [2.45, 2.75) is 31.7 Å². The molecule has 0 saturated carbocycles. The Bertz CT molecular complexity index is 1780. The molecular formula is C37H38N6O5. The first-order valence-electron chi connectivity index (χ1n) is 15.8. The topological polar surface area (TPSA) is 119 Å². The van der Waals surface area contributed by atoms with Crippen LogP contribution in [-0.2, 0) is 29.1 Å². The lowest BCUT2D eigenvalue weighted by Gasteiger charge is -2.55. The summed E-state index contributed by atoms with van der Waals surface area (Å²) in [7, 11) is 1.57. The van der Waals surface area contributed by atoms with Gasteiger partial charge in [0.2, 0.25) is 17.7 Å². The van der Waals surface area contributed by atoms with Gasteiger partial charge in [-0.2, -0.15) is 0 Å². The maximum atomic E-state index is 14.4. The summed E-state index contributed by atoms with van der Waals surface area (Å²) in [5.74, 6) is 0.123. The maximum absolute atomic E-state index is 14.4. The number of nitrogens with one attached hydrogen (secondary N) is 1. The number of fused-ring (bicyclic) bond motifs is 1. The van der Waals surface area contributed by atoms with E-state index in [1.54, 1.807) is 63.5 Å². The Morgan fingerprint density at radius 1 is 1.00 bits per heavy atom. The van der Waals surface area contributed by atoms with Gasteiger partial charge in [-0.15, -0.1) is 6.58 Å². The number of amides is 4. The number of phenols is 1. The molecule has 2 N–H and O–H groups in total. The minimum absolute atomic E-state index is 0.0877. The van der Waals surface area contributed by atoms with E-state index in [0.717, 1.165) is 27.8 Å². The third-order valence-electron chi connectivity index (χ3n) is 8.61. The molecule has 4 amide bonds. The van der Waals surface area contributed by atoms with Gasteiger partial charge in [0.15, 0.2) is 0 Å². The molecule has 2 aliphatic rings. The Hall–Kier alpha value is -5.68. The van der Waals surface area contributed by atoms with E-state index in [-0.39, 0.29) is 56.2 Å². The molecule has 3 heterocycles. The standard InChI is InChI=1S/C37H38N6O5/c1-3-19-41-25-34(45)42-32(21-26-14-16-30(44)17-15-26)36(46)40(24-33(42)43(41)37(47)39-22-27-9-5-4-6-10-27)23-28-11-7-12-29(20-28)31-13-8-18-38-35(31)48-2/h3-18,20,32-33,44H,1,19,21-25H2,2H3,(H,39,47)/t32?,33-/m0/s1. The average Bonchev–Trinajstić information content (AvgIpc) is 3.10. The second-order valence-electron chi connectivity index (χ2n) is 11.8. The van der Waals surface area contributed by atoms with E-state index in [2.05, 4.69) is 16.9 Å². The van der Waals surface area contributed by atoms with Crippen LogP contribution >= 0.6 is 0 Å². The molecule has 0 aliphatic carbocycles. The third kappa shape index (κ3) is 6.86. The molecule has 11 heteroatoms. The number of hydrogen-bond donors (Lipinski definition) is 2. The lowest BCUT2D eigenvalue weighted by molar-refractivity contribution is -0.189. The smallest absolute Gasteiger partial charge is 0.334 e. The molecule has 0 radical (unpaired) electrons. The molecule has 1 unspecified atom stereocenters. The number of hydrazine groups is 1. The van der Waals surface area contributed by atoms with Gasteiger partial charge in [-0.25, -0.2) is 19.8 Å². The number of piperazine rings is 1. The Labute approximate surface area is 279 Å². The number of nitrogens with zero attached hydrogens (tertiary/aromatic N) is 5. The van der Waals surface area contributed by atoms with Crippen molar-refractivity contribution in [3.8, 4) is 22.8 Å². The largest absolute Gasteiger partial charge is 0.508 e. The van der Waals surface area contributed by atoms with E-state index in [4.69, 9.17) is 4.74 Å². The summed E-state index contributed by atoms with van der Waals surface area (Å²) >= 11 is 0. The number of pyridine rings is 1. The number of urea groups is 1. The van der Waals surface area contributed by atoms with E-state index in [1.807, 2.05) is 66.7 Å². The molecular weight excluding hydrogens is 608 g/mol. The summed E-state index contributed by atoms with van der Waals surface area (Å²) < 4.78 is 5.48. The van der Waals surface area contributed by atoms with Crippen molar-refractivity contribution in [2.24, 2.45) is 0 Å². The van der Waals surface area contributed by atoms with Gasteiger partial charge in [0.05, 0.1) is 20.2 Å². The molecule has 48 heavy (non-hydrogen) atoms. The molecule has 2 aliphatic heterocycles. The van der Waals surface area contributed by atoms with Gasteiger partial charge in [0.25, 0.3) is 0 Å². The summed E-state index contributed by atoms with van der Waals surface area (Å²) in [6, 6.07) is 26.5. The van der Waals surface area contributed by atoms with Gasteiger partial charge >= 0.3 is 6.03 Å². The third-order valence-corrected chi connectivity index (χ3v) is 8.61. The fraction of sp³-hybridized carbons (Fsp3) is 0.243. The first-order chi connectivity index (χ1) is 23.4. The highest BCUT2D eigenvalue weighted by Crippen LogP contribution is 2.32. The summed E-state index contributed by atoms with van der Waals surface area (Å²) in [6.45, 7) is 4.68. The lowest BCUT2D eigenvalue weighted by atomic mass is 9.97. The quantitative estimate of drug-likeness (QED) is 0.248. The van der Waals surface area contributed by atoms with E-state index < -0.39 is 12.2 Å². The molecule has 246 valence electrons. The number of ether oxygens (including phenoxy) is 1. The number of benzene rings is 3. The minimum atomic E-state index is -0.877. The highest BCUT2D eigenvalue weighted by atomic mass is 16.5. The normalized spacial score (nSPS) is 18.0. The monoisotopic (exact) mass is 646 g/mol. The molecule has 2 atom stereocenters. The van der Waals surface area contributed by atoms with Crippen molar-refractivity contribution < 1.29 is 24.2 Å². The van der Waals surface area contributed by atoms with Crippen molar-refractivity contribution in [2.75, 3.05) is 26.7 Å². The van der Waals surface area contributed by atoms with Gasteiger partial charge in [-0.3, -0.25) is 9.59 Å². The van der Waals surface area contributed by atoms with Gasteiger partial charge in [0, 0.05) is 37.8 Å². The zero-order valence-corrected chi connectivity index (χ0v) is 26.7.